The van der Waals surface area contributed by atoms with E-state index in [1.165, 1.54) is 0 Å². The molecule has 4 nitrogen and oxygen atoms in total. The predicted molar refractivity (Wildman–Crippen MR) is 35.8 cm³/mol. The minimum absolute atomic E-state index is 0.181. The fraction of sp³-hybridized carbons (Fsp3) is 0.167. The lowest BCUT2D eigenvalue weighted by atomic mass is 10.1. The number of nitrogens with one attached hydrogen (secondary N) is 3. The van der Waals surface area contributed by atoms with Crippen molar-refractivity contribution in [3.63, 3.8) is 0 Å². The van der Waals surface area contributed by atoms with Crippen LogP contribution in [0.1, 0.15) is 0 Å². The van der Waals surface area contributed by atoms with Crippen molar-refractivity contribution in [2.75, 3.05) is 0 Å². The second kappa shape index (κ2) is 1.53. The largest absolute Gasteiger partial charge is 0.362 e. The lowest BCUT2D eigenvalue weighted by molar-refractivity contribution is 0.231. The standard InChI is InChI=1S/C6H7N3O/c10-5-7-3-1-6(9-5)2-4-8-6/h1-4,8H,(H2,7,9,10). The Hall–Kier alpha value is -1.45. The quantitative estimate of drug-likeness (QED) is 0.426. The Kier molecular flexibility index (Phi) is 0.818. The van der Waals surface area contributed by atoms with Gasteiger partial charge in [0.15, 0.2) is 5.66 Å². The number of hydrogen-bond acceptors (Lipinski definition) is 2. The predicted octanol–water partition coefficient (Wildman–Crippen LogP) is -0.374. The molecule has 4 heteroatoms. The number of urea groups is 1. The molecule has 0 aliphatic carbocycles. The van der Waals surface area contributed by atoms with E-state index in [0.29, 0.717) is 0 Å². The van der Waals surface area contributed by atoms with Gasteiger partial charge in [0.2, 0.25) is 0 Å². The van der Waals surface area contributed by atoms with Crippen LogP contribution in [0.15, 0.2) is 24.6 Å². The van der Waals surface area contributed by atoms with Gasteiger partial charge in [0.25, 0.3) is 0 Å². The third-order valence-electron chi connectivity index (χ3n) is 1.55. The molecule has 52 valence electrons. The first kappa shape index (κ1) is 5.34. The van der Waals surface area contributed by atoms with Gasteiger partial charge < -0.3 is 16.0 Å². The van der Waals surface area contributed by atoms with Crippen molar-refractivity contribution < 1.29 is 4.79 Å². The van der Waals surface area contributed by atoms with E-state index in [9.17, 15) is 4.79 Å². The van der Waals surface area contributed by atoms with Crippen LogP contribution in [-0.2, 0) is 0 Å². The number of carbonyl (C=O) groups is 1. The van der Waals surface area contributed by atoms with Crippen molar-refractivity contribution in [2.45, 2.75) is 5.66 Å². The molecule has 2 aliphatic heterocycles. The molecule has 0 radical (unpaired) electrons. The minimum atomic E-state index is -0.400. The van der Waals surface area contributed by atoms with Gasteiger partial charge in [0.1, 0.15) is 0 Å². The zero-order valence-electron chi connectivity index (χ0n) is 5.22. The monoisotopic (exact) mass is 137 g/mol. The third-order valence-corrected chi connectivity index (χ3v) is 1.55. The molecular formula is C6H7N3O. The van der Waals surface area contributed by atoms with E-state index in [2.05, 4.69) is 16.0 Å². The molecule has 0 aromatic rings. The third kappa shape index (κ3) is 0.586. The summed E-state index contributed by atoms with van der Waals surface area (Å²) in [4.78, 5) is 10.7. The van der Waals surface area contributed by atoms with Crippen molar-refractivity contribution in [1.29, 1.82) is 0 Å². The first-order valence-electron chi connectivity index (χ1n) is 3.03. The van der Waals surface area contributed by atoms with Crippen LogP contribution in [0, 0.1) is 0 Å². The molecule has 3 N–H and O–H groups in total. The highest BCUT2D eigenvalue weighted by atomic mass is 16.2. The Morgan fingerprint density at radius 1 is 1.30 bits per heavy atom. The van der Waals surface area contributed by atoms with Crippen LogP contribution in [0.2, 0.25) is 0 Å². The molecule has 1 atom stereocenters. The summed E-state index contributed by atoms with van der Waals surface area (Å²) in [7, 11) is 0. The van der Waals surface area contributed by atoms with Crippen LogP contribution in [0.4, 0.5) is 4.79 Å². The van der Waals surface area contributed by atoms with E-state index >= 15 is 0 Å². The van der Waals surface area contributed by atoms with Crippen LogP contribution in [0.25, 0.3) is 0 Å². The number of amides is 2. The van der Waals surface area contributed by atoms with Gasteiger partial charge in [-0.1, -0.05) is 0 Å². The fourth-order valence-electron chi connectivity index (χ4n) is 0.959. The summed E-state index contributed by atoms with van der Waals surface area (Å²) < 4.78 is 0. The Labute approximate surface area is 58.0 Å². The van der Waals surface area contributed by atoms with Gasteiger partial charge in [-0.2, -0.15) is 0 Å². The molecular weight excluding hydrogens is 130 g/mol. The van der Waals surface area contributed by atoms with Crippen LogP contribution in [-0.4, -0.2) is 11.7 Å². The van der Waals surface area contributed by atoms with Crippen LogP contribution >= 0.6 is 0 Å². The minimum Gasteiger partial charge on any atom is -0.362 e. The normalized spacial score (nSPS) is 34.2. The zero-order valence-corrected chi connectivity index (χ0v) is 5.22. The topological polar surface area (TPSA) is 53.2 Å². The van der Waals surface area contributed by atoms with Gasteiger partial charge in [-0.15, -0.1) is 0 Å². The summed E-state index contributed by atoms with van der Waals surface area (Å²) >= 11 is 0. The lowest BCUT2D eigenvalue weighted by Gasteiger charge is -2.37. The van der Waals surface area contributed by atoms with E-state index in [1.54, 1.807) is 12.4 Å². The van der Waals surface area contributed by atoms with Crippen molar-refractivity contribution in [2.24, 2.45) is 0 Å². The molecule has 10 heavy (non-hydrogen) atoms. The Bertz CT molecular complexity index is 233. The summed E-state index contributed by atoms with van der Waals surface area (Å²) in [5, 5.41) is 8.15. The zero-order chi connectivity index (χ0) is 7.03. The van der Waals surface area contributed by atoms with Crippen LogP contribution in [0.5, 0.6) is 0 Å². The van der Waals surface area contributed by atoms with Crippen LogP contribution < -0.4 is 16.0 Å². The van der Waals surface area contributed by atoms with E-state index in [0.717, 1.165) is 0 Å². The molecule has 0 aromatic heterocycles. The van der Waals surface area contributed by atoms with E-state index in [1.807, 2.05) is 12.2 Å². The van der Waals surface area contributed by atoms with E-state index in [-0.39, 0.29) is 6.03 Å². The average molecular weight is 137 g/mol. The molecule has 2 rings (SSSR count). The molecule has 2 amide bonds. The van der Waals surface area contributed by atoms with Gasteiger partial charge in [0, 0.05) is 6.20 Å². The fourth-order valence-corrected chi connectivity index (χ4v) is 0.959. The first-order chi connectivity index (χ1) is 4.81. The van der Waals surface area contributed by atoms with Crippen molar-refractivity contribution in [3.05, 3.63) is 24.6 Å². The highest BCUT2D eigenvalue weighted by molar-refractivity contribution is 5.78. The second-order valence-electron chi connectivity index (χ2n) is 2.28. The summed E-state index contributed by atoms with van der Waals surface area (Å²) in [6, 6.07) is -0.181. The summed E-state index contributed by atoms with van der Waals surface area (Å²) in [5.41, 5.74) is -0.400. The molecule has 0 fully saturated rings. The molecule has 1 unspecified atom stereocenters. The Morgan fingerprint density at radius 2 is 2.10 bits per heavy atom. The van der Waals surface area contributed by atoms with Gasteiger partial charge in [-0.3, -0.25) is 0 Å². The SMILES string of the molecule is O=C1NC=CC2(C=CN2)N1. The average Bonchev–Trinajstić information content (AvgIpc) is 1.85. The van der Waals surface area contributed by atoms with Crippen LogP contribution in [0.3, 0.4) is 0 Å². The summed E-state index contributed by atoms with van der Waals surface area (Å²) in [6.45, 7) is 0. The van der Waals surface area contributed by atoms with Crippen molar-refractivity contribution >= 4 is 6.03 Å². The molecule has 0 aromatic carbocycles. The Balaban J connectivity index is 2.25. The number of hydrogen-bond donors (Lipinski definition) is 3. The number of carbonyl (C=O) groups excluding carboxylic acids is 1. The molecule has 2 heterocycles. The van der Waals surface area contributed by atoms with Gasteiger partial charge >= 0.3 is 6.03 Å². The molecule has 0 saturated carbocycles. The molecule has 2 aliphatic rings. The molecule has 0 bridgehead atoms. The smallest absolute Gasteiger partial charge is 0.321 e. The van der Waals surface area contributed by atoms with Gasteiger partial charge in [0.05, 0.1) is 0 Å². The lowest BCUT2D eigenvalue weighted by Crippen LogP contribution is -2.62. The summed E-state index contributed by atoms with van der Waals surface area (Å²) in [5.74, 6) is 0. The Morgan fingerprint density at radius 3 is 2.50 bits per heavy atom. The maximum atomic E-state index is 10.7. The second-order valence-corrected chi connectivity index (χ2v) is 2.28. The molecule has 0 saturated heterocycles. The first-order valence-corrected chi connectivity index (χ1v) is 3.03. The van der Waals surface area contributed by atoms with E-state index < -0.39 is 5.66 Å². The van der Waals surface area contributed by atoms with E-state index in [4.69, 9.17) is 0 Å². The van der Waals surface area contributed by atoms with Gasteiger partial charge in [-0.25, -0.2) is 4.79 Å². The highest BCUT2D eigenvalue weighted by Gasteiger charge is 2.31. The maximum absolute atomic E-state index is 10.7. The van der Waals surface area contributed by atoms with Crippen molar-refractivity contribution in [3.8, 4) is 0 Å². The number of rotatable bonds is 0. The van der Waals surface area contributed by atoms with Gasteiger partial charge in [-0.05, 0) is 18.4 Å². The van der Waals surface area contributed by atoms with Crippen molar-refractivity contribution in [1.82, 2.24) is 16.0 Å². The maximum Gasteiger partial charge on any atom is 0.321 e. The summed E-state index contributed by atoms with van der Waals surface area (Å²) in [6.07, 6.45) is 7.13. The molecule has 1 spiro atoms. The highest BCUT2D eigenvalue weighted by Crippen LogP contribution is 2.13.